The minimum Gasteiger partial charge on any atom is -0.377 e. The molecule has 0 N–H and O–H groups in total. The summed E-state index contributed by atoms with van der Waals surface area (Å²) in [4.78, 5) is 2.19. The van der Waals surface area contributed by atoms with Crippen molar-refractivity contribution in [1.82, 2.24) is 4.90 Å². The van der Waals surface area contributed by atoms with E-state index >= 15 is 0 Å². The molecule has 0 bridgehead atoms. The molecule has 0 saturated heterocycles. The van der Waals surface area contributed by atoms with Crippen LogP contribution in [0.15, 0.2) is 12.3 Å². The molecule has 1 rings (SSSR count). The van der Waals surface area contributed by atoms with Gasteiger partial charge in [-0.3, -0.25) is 0 Å². The summed E-state index contributed by atoms with van der Waals surface area (Å²) in [5.41, 5.74) is 0. The second-order valence-corrected chi connectivity index (χ2v) is 1.71. The zero-order chi connectivity index (χ0) is 5.11. The Kier molecular flexibility index (Phi) is 1.35. The number of rotatable bonds is 1. The van der Waals surface area contributed by atoms with Crippen LogP contribution in [0.25, 0.3) is 0 Å². The third kappa shape index (κ3) is 0.952. The minimum atomic E-state index is 0.913. The van der Waals surface area contributed by atoms with Gasteiger partial charge in [0, 0.05) is 13.1 Å². The summed E-state index contributed by atoms with van der Waals surface area (Å²) >= 11 is 0. The van der Waals surface area contributed by atoms with Gasteiger partial charge in [0.2, 0.25) is 0 Å². The van der Waals surface area contributed by atoms with E-state index in [1.807, 2.05) is 0 Å². The van der Waals surface area contributed by atoms with Crippen molar-refractivity contribution in [2.45, 2.75) is 6.42 Å². The van der Waals surface area contributed by atoms with E-state index in [2.05, 4.69) is 24.1 Å². The summed E-state index contributed by atoms with van der Waals surface area (Å²) < 4.78 is 0. The van der Waals surface area contributed by atoms with Gasteiger partial charge >= 0.3 is 0 Å². The molecule has 1 nitrogen and oxygen atoms in total. The van der Waals surface area contributed by atoms with E-state index in [-0.39, 0.29) is 0 Å². The Hall–Kier alpha value is -0.460. The van der Waals surface area contributed by atoms with Crippen molar-refractivity contribution in [3.05, 3.63) is 19.2 Å². The zero-order valence-electron chi connectivity index (χ0n) is 4.43. The van der Waals surface area contributed by atoms with Gasteiger partial charge < -0.3 is 4.90 Å². The van der Waals surface area contributed by atoms with E-state index in [4.69, 9.17) is 0 Å². The highest BCUT2D eigenvalue weighted by atomic mass is 15.1. The van der Waals surface area contributed by atoms with Crippen LogP contribution in [0.1, 0.15) is 6.42 Å². The zero-order valence-corrected chi connectivity index (χ0v) is 4.43. The lowest BCUT2D eigenvalue weighted by atomic mass is 10.5. The fraction of sp³-hybridized carbons (Fsp3) is 0.500. The van der Waals surface area contributed by atoms with Gasteiger partial charge in [-0.1, -0.05) is 6.08 Å². The monoisotopic (exact) mass is 96.1 g/mol. The van der Waals surface area contributed by atoms with Crippen LogP contribution in [-0.2, 0) is 0 Å². The molecule has 0 atom stereocenters. The molecule has 1 heterocycles. The molecule has 1 aliphatic heterocycles. The van der Waals surface area contributed by atoms with Crippen LogP contribution < -0.4 is 0 Å². The van der Waals surface area contributed by atoms with Crippen LogP contribution >= 0.6 is 0 Å². The van der Waals surface area contributed by atoms with Gasteiger partial charge in [-0.2, -0.15) is 0 Å². The number of nitrogens with zero attached hydrogens (tertiary/aromatic N) is 1. The maximum atomic E-state index is 3.74. The Bertz CT molecular complexity index is 76.2. The summed E-state index contributed by atoms with van der Waals surface area (Å²) in [7, 11) is 0. The molecule has 0 aromatic carbocycles. The molecule has 1 heteroatoms. The van der Waals surface area contributed by atoms with Gasteiger partial charge in [-0.25, -0.2) is 0 Å². The molecule has 0 aliphatic carbocycles. The van der Waals surface area contributed by atoms with Gasteiger partial charge in [0.1, 0.15) is 0 Å². The third-order valence-electron chi connectivity index (χ3n) is 1.19. The SMILES string of the molecule is [CH2]CN1C=CCC1. The first-order valence-corrected chi connectivity index (χ1v) is 2.63. The maximum absolute atomic E-state index is 3.74. The highest BCUT2D eigenvalue weighted by molar-refractivity contribution is 4.90. The molecule has 0 aromatic heterocycles. The highest BCUT2D eigenvalue weighted by Crippen LogP contribution is 2.00. The third-order valence-corrected chi connectivity index (χ3v) is 1.19. The van der Waals surface area contributed by atoms with E-state index in [1.165, 1.54) is 13.0 Å². The second kappa shape index (κ2) is 2.01. The highest BCUT2D eigenvalue weighted by Gasteiger charge is 1.97. The van der Waals surface area contributed by atoms with Crippen molar-refractivity contribution in [3.63, 3.8) is 0 Å². The quantitative estimate of drug-likeness (QED) is 0.471. The Labute approximate surface area is 44.6 Å². The van der Waals surface area contributed by atoms with E-state index in [0.717, 1.165) is 6.54 Å². The molecule has 39 valence electrons. The lowest BCUT2D eigenvalue weighted by Gasteiger charge is -2.09. The molecular formula is C6H10N. The summed E-state index contributed by atoms with van der Waals surface area (Å²) in [5, 5.41) is 0. The molecule has 0 spiro atoms. The summed E-state index contributed by atoms with van der Waals surface area (Å²) in [6.07, 6.45) is 5.48. The molecule has 7 heavy (non-hydrogen) atoms. The Morgan fingerprint density at radius 3 is 2.86 bits per heavy atom. The average Bonchev–Trinajstić information content (AvgIpc) is 2.14. The van der Waals surface area contributed by atoms with Crippen molar-refractivity contribution < 1.29 is 0 Å². The molecular weight excluding hydrogens is 86.1 g/mol. The standard InChI is InChI=1S/C6H10N/c1-2-7-5-3-4-6-7/h3,5H,1-2,4,6H2. The fourth-order valence-corrected chi connectivity index (χ4v) is 0.725. The molecule has 1 radical (unpaired) electrons. The molecule has 0 fully saturated rings. The average molecular weight is 96.2 g/mol. The predicted octanol–water partition coefficient (Wildman–Crippen LogP) is 1.04. The molecule has 0 unspecified atom stereocenters. The largest absolute Gasteiger partial charge is 0.377 e. The Morgan fingerprint density at radius 1 is 1.71 bits per heavy atom. The van der Waals surface area contributed by atoms with Crippen LogP contribution in [-0.4, -0.2) is 18.0 Å². The first-order valence-electron chi connectivity index (χ1n) is 2.63. The van der Waals surface area contributed by atoms with Gasteiger partial charge in [0.15, 0.2) is 0 Å². The van der Waals surface area contributed by atoms with Crippen LogP contribution in [0.4, 0.5) is 0 Å². The predicted molar refractivity (Wildman–Crippen MR) is 30.7 cm³/mol. The molecule has 1 aliphatic rings. The van der Waals surface area contributed by atoms with E-state index < -0.39 is 0 Å². The van der Waals surface area contributed by atoms with Gasteiger partial charge in [-0.05, 0) is 19.5 Å². The van der Waals surface area contributed by atoms with Crippen molar-refractivity contribution in [2.24, 2.45) is 0 Å². The smallest absolute Gasteiger partial charge is 0.0207 e. The lowest BCUT2D eigenvalue weighted by Crippen LogP contribution is -2.12. The van der Waals surface area contributed by atoms with E-state index in [1.54, 1.807) is 0 Å². The minimum absolute atomic E-state index is 0.913. The van der Waals surface area contributed by atoms with Gasteiger partial charge in [0.05, 0.1) is 0 Å². The molecule has 0 aromatic rings. The first-order chi connectivity index (χ1) is 3.43. The lowest BCUT2D eigenvalue weighted by molar-refractivity contribution is 0.449. The Morgan fingerprint density at radius 2 is 2.57 bits per heavy atom. The molecule has 0 amide bonds. The van der Waals surface area contributed by atoms with Crippen molar-refractivity contribution in [1.29, 1.82) is 0 Å². The van der Waals surface area contributed by atoms with Crippen LogP contribution in [0.3, 0.4) is 0 Å². The van der Waals surface area contributed by atoms with Crippen molar-refractivity contribution in [2.75, 3.05) is 13.1 Å². The topological polar surface area (TPSA) is 3.24 Å². The van der Waals surface area contributed by atoms with Crippen molar-refractivity contribution in [3.8, 4) is 0 Å². The summed E-state index contributed by atoms with van der Waals surface area (Å²) in [6, 6.07) is 0. The summed E-state index contributed by atoms with van der Waals surface area (Å²) in [6.45, 7) is 5.83. The fourth-order valence-electron chi connectivity index (χ4n) is 0.725. The van der Waals surface area contributed by atoms with Crippen molar-refractivity contribution >= 4 is 0 Å². The number of hydrogen-bond acceptors (Lipinski definition) is 1. The Balaban J connectivity index is 2.28. The van der Waals surface area contributed by atoms with E-state index in [0.29, 0.717) is 0 Å². The maximum Gasteiger partial charge on any atom is 0.0207 e. The van der Waals surface area contributed by atoms with Crippen LogP contribution in [0, 0.1) is 6.92 Å². The molecule has 0 saturated carbocycles. The van der Waals surface area contributed by atoms with Gasteiger partial charge in [0.25, 0.3) is 0 Å². The van der Waals surface area contributed by atoms with Crippen LogP contribution in [0.2, 0.25) is 0 Å². The van der Waals surface area contributed by atoms with Crippen LogP contribution in [0.5, 0.6) is 0 Å². The van der Waals surface area contributed by atoms with E-state index in [9.17, 15) is 0 Å². The first kappa shape index (κ1) is 4.69. The normalized spacial score (nSPS) is 18.7. The van der Waals surface area contributed by atoms with Gasteiger partial charge in [-0.15, -0.1) is 0 Å². The second-order valence-electron chi connectivity index (χ2n) is 1.71. The summed E-state index contributed by atoms with van der Waals surface area (Å²) in [5.74, 6) is 0. The number of hydrogen-bond donors (Lipinski definition) is 0.